The number of fused-ring (bicyclic) bond motifs is 1. The van der Waals surface area contributed by atoms with Crippen molar-refractivity contribution < 1.29 is 4.42 Å². The summed E-state index contributed by atoms with van der Waals surface area (Å²) in [7, 11) is 0. The molecule has 1 heterocycles. The van der Waals surface area contributed by atoms with Gasteiger partial charge in [-0.3, -0.25) is 0 Å². The van der Waals surface area contributed by atoms with E-state index in [1.54, 1.807) is 6.07 Å². The highest BCUT2D eigenvalue weighted by molar-refractivity contribution is 5.78. The van der Waals surface area contributed by atoms with Crippen molar-refractivity contribution in [1.82, 2.24) is 4.98 Å². The summed E-state index contributed by atoms with van der Waals surface area (Å²) in [6.07, 6.45) is 2.57. The zero-order valence-corrected chi connectivity index (χ0v) is 10.2. The third kappa shape index (κ3) is 1.95. The second-order valence-electron chi connectivity index (χ2n) is 5.37. The predicted octanol–water partition coefficient (Wildman–Crippen LogP) is 3.01. The molecule has 0 bridgehead atoms. The number of hydrogen-bond donors (Lipinski definition) is 2. The fraction of sp³-hybridized carbons (Fsp3) is 0.462. The van der Waals surface area contributed by atoms with Crippen LogP contribution >= 0.6 is 0 Å². The first-order valence-electron chi connectivity index (χ1n) is 5.99. The summed E-state index contributed by atoms with van der Waals surface area (Å²) in [4.78, 5) is 4.42. The van der Waals surface area contributed by atoms with Crippen LogP contribution in [0.5, 0.6) is 0 Å². The average molecular weight is 231 g/mol. The third-order valence-corrected chi connectivity index (χ3v) is 3.44. The van der Waals surface area contributed by atoms with E-state index in [-0.39, 0.29) is 5.54 Å². The van der Waals surface area contributed by atoms with E-state index < -0.39 is 0 Å². The molecule has 0 aliphatic heterocycles. The summed E-state index contributed by atoms with van der Waals surface area (Å²) < 4.78 is 5.66. The Bertz CT molecular complexity index is 555. The van der Waals surface area contributed by atoms with E-state index in [0.29, 0.717) is 11.7 Å². The molecule has 0 saturated heterocycles. The minimum absolute atomic E-state index is 0.0480. The quantitative estimate of drug-likeness (QED) is 0.797. The summed E-state index contributed by atoms with van der Waals surface area (Å²) in [6, 6.07) is 6.10. The molecule has 2 aromatic rings. The Balaban J connectivity index is 1.90. The Labute approximate surface area is 100 Å². The van der Waals surface area contributed by atoms with E-state index in [0.717, 1.165) is 17.0 Å². The lowest BCUT2D eigenvalue weighted by Gasteiger charge is -2.24. The number of nitrogens with one attached hydrogen (secondary N) is 1. The van der Waals surface area contributed by atoms with Crippen molar-refractivity contribution in [2.75, 3.05) is 11.1 Å². The minimum atomic E-state index is 0.0480. The Kier molecular flexibility index (Phi) is 2.08. The largest absolute Gasteiger partial charge is 0.423 e. The molecule has 0 atom stereocenters. The van der Waals surface area contributed by atoms with E-state index in [4.69, 9.17) is 10.2 Å². The standard InChI is InChI=1S/C13H17N3O/c1-13(2,8-3-4-8)16-12-15-10-6-5-9(14)7-11(10)17-12/h5-8H,3-4,14H2,1-2H3,(H,15,16). The SMILES string of the molecule is CC(C)(Nc1nc2ccc(N)cc2o1)C1CC1. The topological polar surface area (TPSA) is 64.1 Å². The van der Waals surface area contributed by atoms with Crippen LogP contribution in [-0.2, 0) is 0 Å². The summed E-state index contributed by atoms with van der Waals surface area (Å²) in [5.41, 5.74) is 8.03. The molecule has 0 amide bonds. The van der Waals surface area contributed by atoms with Crippen LogP contribution in [0.1, 0.15) is 26.7 Å². The first-order chi connectivity index (χ1) is 8.04. The molecule has 1 aliphatic rings. The van der Waals surface area contributed by atoms with Crippen LogP contribution in [0.15, 0.2) is 22.6 Å². The number of anilines is 2. The lowest BCUT2D eigenvalue weighted by molar-refractivity contribution is 0.468. The van der Waals surface area contributed by atoms with Crippen LogP contribution in [0, 0.1) is 5.92 Å². The normalized spacial score (nSPS) is 16.4. The van der Waals surface area contributed by atoms with Crippen molar-refractivity contribution in [2.45, 2.75) is 32.2 Å². The predicted molar refractivity (Wildman–Crippen MR) is 68.8 cm³/mol. The highest BCUT2D eigenvalue weighted by atomic mass is 16.4. The lowest BCUT2D eigenvalue weighted by atomic mass is 9.99. The highest BCUT2D eigenvalue weighted by Gasteiger charge is 2.38. The first-order valence-corrected chi connectivity index (χ1v) is 5.99. The zero-order chi connectivity index (χ0) is 12.0. The van der Waals surface area contributed by atoms with Crippen LogP contribution in [0.2, 0.25) is 0 Å². The number of aromatic nitrogens is 1. The molecule has 90 valence electrons. The van der Waals surface area contributed by atoms with E-state index in [1.165, 1.54) is 12.8 Å². The molecule has 4 nitrogen and oxygen atoms in total. The summed E-state index contributed by atoms with van der Waals surface area (Å²) >= 11 is 0. The number of benzene rings is 1. The van der Waals surface area contributed by atoms with Crippen LogP contribution in [-0.4, -0.2) is 10.5 Å². The highest BCUT2D eigenvalue weighted by Crippen LogP contribution is 2.41. The maximum atomic E-state index is 5.71. The van der Waals surface area contributed by atoms with Crippen molar-refractivity contribution >= 4 is 22.8 Å². The molecule has 1 saturated carbocycles. The van der Waals surface area contributed by atoms with Crippen molar-refractivity contribution in [3.05, 3.63) is 18.2 Å². The van der Waals surface area contributed by atoms with Gasteiger partial charge in [0.1, 0.15) is 5.52 Å². The molecular weight excluding hydrogens is 214 g/mol. The molecule has 1 fully saturated rings. The van der Waals surface area contributed by atoms with E-state index in [9.17, 15) is 0 Å². The number of nitrogens with two attached hydrogens (primary N) is 1. The van der Waals surface area contributed by atoms with Gasteiger partial charge in [0.15, 0.2) is 5.58 Å². The first kappa shape index (κ1) is 10.4. The molecular formula is C13H17N3O. The van der Waals surface area contributed by atoms with Gasteiger partial charge in [0, 0.05) is 17.3 Å². The molecule has 4 heteroatoms. The fourth-order valence-electron chi connectivity index (χ4n) is 2.18. The summed E-state index contributed by atoms with van der Waals surface area (Å²) in [6.45, 7) is 4.38. The van der Waals surface area contributed by atoms with Gasteiger partial charge < -0.3 is 15.5 Å². The maximum absolute atomic E-state index is 5.71. The minimum Gasteiger partial charge on any atom is -0.423 e. The van der Waals surface area contributed by atoms with Crippen molar-refractivity contribution in [2.24, 2.45) is 5.92 Å². The van der Waals surface area contributed by atoms with Crippen molar-refractivity contribution in [3.8, 4) is 0 Å². The summed E-state index contributed by atoms with van der Waals surface area (Å²) in [5.74, 6) is 0.725. The van der Waals surface area contributed by atoms with Gasteiger partial charge >= 0.3 is 0 Å². The van der Waals surface area contributed by atoms with Crippen molar-refractivity contribution in [3.63, 3.8) is 0 Å². The van der Waals surface area contributed by atoms with Crippen LogP contribution in [0.4, 0.5) is 11.7 Å². The van der Waals surface area contributed by atoms with E-state index >= 15 is 0 Å². The molecule has 0 spiro atoms. The smallest absolute Gasteiger partial charge is 0.296 e. The second-order valence-corrected chi connectivity index (χ2v) is 5.37. The lowest BCUT2D eigenvalue weighted by Crippen LogP contribution is -2.33. The number of oxazole rings is 1. The molecule has 17 heavy (non-hydrogen) atoms. The van der Waals surface area contributed by atoms with Gasteiger partial charge in [-0.1, -0.05) is 0 Å². The maximum Gasteiger partial charge on any atom is 0.296 e. The monoisotopic (exact) mass is 231 g/mol. The molecule has 1 aliphatic carbocycles. The van der Waals surface area contributed by atoms with Gasteiger partial charge in [0.05, 0.1) is 0 Å². The van der Waals surface area contributed by atoms with Gasteiger partial charge in [0.2, 0.25) is 0 Å². The van der Waals surface area contributed by atoms with Crippen LogP contribution in [0.25, 0.3) is 11.1 Å². The van der Waals surface area contributed by atoms with E-state index in [2.05, 4.69) is 24.1 Å². The van der Waals surface area contributed by atoms with Crippen LogP contribution < -0.4 is 11.1 Å². The van der Waals surface area contributed by atoms with Gasteiger partial charge in [-0.15, -0.1) is 0 Å². The Morgan fingerprint density at radius 3 is 2.88 bits per heavy atom. The zero-order valence-electron chi connectivity index (χ0n) is 10.2. The fourth-order valence-corrected chi connectivity index (χ4v) is 2.18. The van der Waals surface area contributed by atoms with Crippen LogP contribution in [0.3, 0.4) is 0 Å². The Morgan fingerprint density at radius 2 is 2.18 bits per heavy atom. The number of nitrogens with zero attached hydrogens (tertiary/aromatic N) is 1. The van der Waals surface area contributed by atoms with Gasteiger partial charge in [-0.05, 0) is 44.7 Å². The molecule has 1 aromatic heterocycles. The van der Waals surface area contributed by atoms with E-state index in [1.807, 2.05) is 12.1 Å². The Morgan fingerprint density at radius 1 is 1.41 bits per heavy atom. The third-order valence-electron chi connectivity index (χ3n) is 3.44. The van der Waals surface area contributed by atoms with Crippen molar-refractivity contribution in [1.29, 1.82) is 0 Å². The van der Waals surface area contributed by atoms with Gasteiger partial charge in [0.25, 0.3) is 6.01 Å². The second kappa shape index (κ2) is 3.39. The molecule has 0 radical (unpaired) electrons. The molecule has 3 N–H and O–H groups in total. The molecule has 1 aromatic carbocycles. The Hall–Kier alpha value is -1.71. The molecule has 3 rings (SSSR count). The number of hydrogen-bond acceptors (Lipinski definition) is 4. The average Bonchev–Trinajstić information content (AvgIpc) is 3.01. The molecule has 0 unspecified atom stereocenters. The van der Waals surface area contributed by atoms with Gasteiger partial charge in [-0.2, -0.15) is 4.98 Å². The number of nitrogen functional groups attached to an aromatic ring is 1. The summed E-state index contributed by atoms with van der Waals surface area (Å²) in [5, 5.41) is 3.37. The number of rotatable bonds is 3. The van der Waals surface area contributed by atoms with Gasteiger partial charge in [-0.25, -0.2) is 0 Å².